The lowest BCUT2D eigenvalue weighted by Gasteiger charge is -2.21. The molecular formula is C16H20BrN3. The van der Waals surface area contributed by atoms with Crippen molar-refractivity contribution < 1.29 is 0 Å². The number of nitrogens with one attached hydrogen (secondary N) is 2. The SMILES string of the molecule is Cc1ccc(C)c(-c2n[nH]c(C3CCNCC3)c2Br)c1. The second-order valence-electron chi connectivity index (χ2n) is 5.64. The Morgan fingerprint density at radius 3 is 2.70 bits per heavy atom. The molecule has 3 rings (SSSR count). The molecule has 2 heterocycles. The molecule has 4 heteroatoms. The third-order valence-electron chi connectivity index (χ3n) is 4.13. The highest BCUT2D eigenvalue weighted by molar-refractivity contribution is 9.10. The first kappa shape index (κ1) is 13.8. The zero-order chi connectivity index (χ0) is 14.1. The number of aromatic amines is 1. The molecule has 1 saturated heterocycles. The monoisotopic (exact) mass is 333 g/mol. The minimum absolute atomic E-state index is 0.581. The normalized spacial score (nSPS) is 16.6. The van der Waals surface area contributed by atoms with Crippen LogP contribution in [0.1, 0.15) is 35.6 Å². The van der Waals surface area contributed by atoms with Gasteiger partial charge >= 0.3 is 0 Å². The van der Waals surface area contributed by atoms with Crippen LogP contribution in [0.5, 0.6) is 0 Å². The second-order valence-corrected chi connectivity index (χ2v) is 6.44. The van der Waals surface area contributed by atoms with Crippen molar-refractivity contribution in [2.75, 3.05) is 13.1 Å². The van der Waals surface area contributed by atoms with Gasteiger partial charge in [0.15, 0.2) is 0 Å². The van der Waals surface area contributed by atoms with Gasteiger partial charge in [0.2, 0.25) is 0 Å². The van der Waals surface area contributed by atoms with Gasteiger partial charge in [0, 0.05) is 11.5 Å². The van der Waals surface area contributed by atoms with Gasteiger partial charge in [0.25, 0.3) is 0 Å². The zero-order valence-corrected chi connectivity index (χ0v) is 13.5. The summed E-state index contributed by atoms with van der Waals surface area (Å²) in [7, 11) is 0. The van der Waals surface area contributed by atoms with Crippen LogP contribution in [0.15, 0.2) is 22.7 Å². The summed E-state index contributed by atoms with van der Waals surface area (Å²) in [6.07, 6.45) is 2.35. The summed E-state index contributed by atoms with van der Waals surface area (Å²) in [5.41, 5.74) is 6.04. The lowest BCUT2D eigenvalue weighted by Crippen LogP contribution is -2.26. The van der Waals surface area contributed by atoms with Crippen LogP contribution in [0.2, 0.25) is 0 Å². The van der Waals surface area contributed by atoms with Crippen LogP contribution >= 0.6 is 15.9 Å². The van der Waals surface area contributed by atoms with Gasteiger partial charge in [0.1, 0.15) is 5.69 Å². The molecule has 106 valence electrons. The minimum Gasteiger partial charge on any atom is -0.317 e. The van der Waals surface area contributed by atoms with E-state index < -0.39 is 0 Å². The van der Waals surface area contributed by atoms with E-state index in [-0.39, 0.29) is 0 Å². The molecule has 1 fully saturated rings. The number of halogens is 1. The van der Waals surface area contributed by atoms with Crippen molar-refractivity contribution in [3.63, 3.8) is 0 Å². The standard InChI is InChI=1S/C16H20BrN3/c1-10-3-4-11(2)13(9-10)16-14(17)15(19-20-16)12-5-7-18-8-6-12/h3-4,9,12,18H,5-8H2,1-2H3,(H,19,20). The van der Waals surface area contributed by atoms with Crippen LogP contribution in [-0.4, -0.2) is 23.3 Å². The average Bonchev–Trinajstić information content (AvgIpc) is 2.84. The van der Waals surface area contributed by atoms with Crippen LogP contribution in [0.25, 0.3) is 11.3 Å². The molecule has 0 amide bonds. The molecule has 0 aliphatic carbocycles. The highest BCUT2D eigenvalue weighted by Crippen LogP contribution is 2.37. The van der Waals surface area contributed by atoms with E-state index in [1.807, 2.05) is 0 Å². The maximum Gasteiger partial charge on any atom is 0.107 e. The zero-order valence-electron chi connectivity index (χ0n) is 12.0. The molecule has 0 bridgehead atoms. The summed E-state index contributed by atoms with van der Waals surface area (Å²) >= 11 is 3.77. The van der Waals surface area contributed by atoms with Gasteiger partial charge in [-0.25, -0.2) is 0 Å². The molecule has 0 spiro atoms. The third-order valence-corrected chi connectivity index (χ3v) is 4.93. The van der Waals surface area contributed by atoms with Gasteiger partial charge in [-0.1, -0.05) is 17.7 Å². The Bertz CT molecular complexity index is 612. The Labute approximate surface area is 128 Å². The van der Waals surface area contributed by atoms with Gasteiger partial charge in [-0.2, -0.15) is 5.10 Å². The largest absolute Gasteiger partial charge is 0.317 e. The van der Waals surface area contributed by atoms with Crippen LogP contribution < -0.4 is 5.32 Å². The summed E-state index contributed by atoms with van der Waals surface area (Å²) < 4.78 is 1.14. The smallest absolute Gasteiger partial charge is 0.107 e. The highest BCUT2D eigenvalue weighted by Gasteiger charge is 2.22. The first-order valence-corrected chi connectivity index (χ1v) is 7.98. The molecule has 0 saturated carbocycles. The fourth-order valence-electron chi connectivity index (χ4n) is 2.89. The Kier molecular flexibility index (Phi) is 3.94. The van der Waals surface area contributed by atoms with Crippen molar-refractivity contribution in [2.45, 2.75) is 32.6 Å². The quantitative estimate of drug-likeness (QED) is 0.874. The molecule has 0 atom stereocenters. The van der Waals surface area contributed by atoms with Gasteiger partial charge in [0.05, 0.1) is 10.2 Å². The van der Waals surface area contributed by atoms with Gasteiger partial charge in [-0.3, -0.25) is 5.10 Å². The van der Waals surface area contributed by atoms with E-state index in [0.29, 0.717) is 5.92 Å². The van der Waals surface area contributed by atoms with Crippen LogP contribution in [0.3, 0.4) is 0 Å². The van der Waals surface area contributed by atoms with E-state index in [9.17, 15) is 0 Å². The van der Waals surface area contributed by atoms with E-state index in [1.54, 1.807) is 0 Å². The predicted octanol–water partition coefficient (Wildman–Crippen LogP) is 3.92. The number of hydrogen-bond acceptors (Lipinski definition) is 2. The van der Waals surface area contributed by atoms with E-state index in [4.69, 9.17) is 0 Å². The van der Waals surface area contributed by atoms with Crippen molar-refractivity contribution in [1.82, 2.24) is 15.5 Å². The fourth-order valence-corrected chi connectivity index (χ4v) is 3.61. The van der Waals surface area contributed by atoms with Crippen molar-refractivity contribution in [2.24, 2.45) is 0 Å². The Hall–Kier alpha value is -1.13. The minimum atomic E-state index is 0.581. The number of benzene rings is 1. The van der Waals surface area contributed by atoms with Crippen molar-refractivity contribution in [3.8, 4) is 11.3 Å². The van der Waals surface area contributed by atoms with E-state index in [0.717, 1.165) is 23.3 Å². The molecule has 3 nitrogen and oxygen atoms in total. The molecule has 1 aromatic heterocycles. The van der Waals surface area contributed by atoms with E-state index in [1.165, 1.54) is 35.2 Å². The highest BCUT2D eigenvalue weighted by atomic mass is 79.9. The molecule has 1 aliphatic heterocycles. The van der Waals surface area contributed by atoms with Crippen LogP contribution in [0.4, 0.5) is 0 Å². The van der Waals surface area contributed by atoms with Crippen molar-refractivity contribution >= 4 is 15.9 Å². The molecule has 1 aliphatic rings. The first-order chi connectivity index (χ1) is 9.66. The molecule has 1 aromatic carbocycles. The van der Waals surface area contributed by atoms with Crippen LogP contribution in [-0.2, 0) is 0 Å². The first-order valence-electron chi connectivity index (χ1n) is 7.19. The topological polar surface area (TPSA) is 40.7 Å². The predicted molar refractivity (Wildman–Crippen MR) is 86.0 cm³/mol. The van der Waals surface area contributed by atoms with Crippen LogP contribution in [0, 0.1) is 13.8 Å². The average molecular weight is 334 g/mol. The van der Waals surface area contributed by atoms with Gasteiger partial charge in [-0.15, -0.1) is 0 Å². The third kappa shape index (κ3) is 2.54. The number of hydrogen-bond donors (Lipinski definition) is 2. The summed E-state index contributed by atoms with van der Waals surface area (Å²) in [6, 6.07) is 6.52. The number of rotatable bonds is 2. The van der Waals surface area contributed by atoms with E-state index >= 15 is 0 Å². The Balaban J connectivity index is 1.99. The lowest BCUT2D eigenvalue weighted by atomic mass is 9.94. The molecule has 2 N–H and O–H groups in total. The number of aromatic nitrogens is 2. The molecule has 0 radical (unpaired) electrons. The maximum absolute atomic E-state index is 4.57. The number of H-pyrrole nitrogens is 1. The fraction of sp³-hybridized carbons (Fsp3) is 0.438. The lowest BCUT2D eigenvalue weighted by molar-refractivity contribution is 0.452. The summed E-state index contributed by atoms with van der Waals surface area (Å²) in [4.78, 5) is 0. The van der Waals surface area contributed by atoms with E-state index in [2.05, 4.69) is 63.5 Å². The summed E-state index contributed by atoms with van der Waals surface area (Å²) in [5.74, 6) is 0.581. The number of nitrogens with zero attached hydrogens (tertiary/aromatic N) is 1. The summed E-state index contributed by atoms with van der Waals surface area (Å²) in [6.45, 7) is 6.45. The second kappa shape index (κ2) is 5.70. The van der Waals surface area contributed by atoms with Crippen molar-refractivity contribution in [3.05, 3.63) is 39.5 Å². The molecule has 0 unspecified atom stereocenters. The molecule has 2 aromatic rings. The van der Waals surface area contributed by atoms with Crippen molar-refractivity contribution in [1.29, 1.82) is 0 Å². The Morgan fingerprint density at radius 2 is 1.95 bits per heavy atom. The maximum atomic E-state index is 4.57. The Morgan fingerprint density at radius 1 is 1.20 bits per heavy atom. The van der Waals surface area contributed by atoms with Gasteiger partial charge in [-0.05, 0) is 67.3 Å². The number of aryl methyl sites for hydroxylation is 2. The summed E-state index contributed by atoms with van der Waals surface area (Å²) in [5, 5.41) is 11.2. The molecule has 20 heavy (non-hydrogen) atoms. The number of piperidine rings is 1. The van der Waals surface area contributed by atoms with Gasteiger partial charge < -0.3 is 5.32 Å². The molecular weight excluding hydrogens is 314 g/mol.